The maximum absolute atomic E-state index is 13.0. The number of benzene rings is 2. The molecular weight excluding hydrogens is 350 g/mol. The SMILES string of the molecule is O=C(c1ccc(OC2CCCCC2)cc1)N1CC[C@@]2(C1)OCc1ccccc12. The van der Waals surface area contributed by atoms with E-state index in [1.54, 1.807) is 0 Å². The van der Waals surface area contributed by atoms with Crippen LogP contribution in [0.4, 0.5) is 0 Å². The number of fused-ring (bicyclic) bond motifs is 2. The lowest BCUT2D eigenvalue weighted by atomic mass is 9.92. The molecule has 146 valence electrons. The predicted molar refractivity (Wildman–Crippen MR) is 107 cm³/mol. The number of likely N-dealkylation sites (tertiary alicyclic amines) is 1. The van der Waals surface area contributed by atoms with Crippen LogP contribution in [0.2, 0.25) is 0 Å². The highest BCUT2D eigenvalue weighted by Crippen LogP contribution is 2.43. The summed E-state index contributed by atoms with van der Waals surface area (Å²) in [5.41, 5.74) is 2.90. The average Bonchev–Trinajstić information content (AvgIpc) is 3.34. The Kier molecular flexibility index (Phi) is 4.59. The molecular formula is C24H27NO3. The number of rotatable bonds is 3. The molecule has 0 unspecified atom stereocenters. The summed E-state index contributed by atoms with van der Waals surface area (Å²) < 4.78 is 12.3. The average molecular weight is 377 g/mol. The zero-order valence-corrected chi connectivity index (χ0v) is 16.2. The molecule has 0 bridgehead atoms. The van der Waals surface area contributed by atoms with Crippen LogP contribution in [0, 0.1) is 0 Å². The fourth-order valence-electron chi connectivity index (χ4n) is 4.91. The third-order valence-corrected chi connectivity index (χ3v) is 6.49. The molecule has 1 aliphatic carbocycles. The lowest BCUT2D eigenvalue weighted by molar-refractivity contribution is -0.0283. The largest absolute Gasteiger partial charge is 0.490 e. The molecule has 0 radical (unpaired) electrons. The molecule has 2 heterocycles. The molecule has 3 aliphatic rings. The van der Waals surface area contributed by atoms with Crippen molar-refractivity contribution in [2.45, 2.75) is 56.8 Å². The molecule has 2 aromatic rings. The number of hydrogen-bond donors (Lipinski definition) is 0. The number of amides is 1. The Balaban J connectivity index is 1.26. The Hall–Kier alpha value is -2.33. The maximum Gasteiger partial charge on any atom is 0.253 e. The van der Waals surface area contributed by atoms with Crippen molar-refractivity contribution in [3.63, 3.8) is 0 Å². The Morgan fingerprint density at radius 3 is 2.64 bits per heavy atom. The van der Waals surface area contributed by atoms with Crippen LogP contribution < -0.4 is 4.74 Å². The maximum atomic E-state index is 13.0. The molecule has 2 aliphatic heterocycles. The topological polar surface area (TPSA) is 38.8 Å². The van der Waals surface area contributed by atoms with Crippen LogP contribution in [-0.4, -0.2) is 30.0 Å². The van der Waals surface area contributed by atoms with Gasteiger partial charge in [0.1, 0.15) is 11.4 Å². The van der Waals surface area contributed by atoms with Gasteiger partial charge in [-0.15, -0.1) is 0 Å². The minimum Gasteiger partial charge on any atom is -0.490 e. The van der Waals surface area contributed by atoms with Crippen LogP contribution in [0.25, 0.3) is 0 Å². The van der Waals surface area contributed by atoms with Crippen LogP contribution in [0.3, 0.4) is 0 Å². The van der Waals surface area contributed by atoms with Crippen molar-refractivity contribution in [2.75, 3.05) is 13.1 Å². The first kappa shape index (κ1) is 17.7. The highest BCUT2D eigenvalue weighted by atomic mass is 16.5. The fourth-order valence-corrected chi connectivity index (χ4v) is 4.91. The Labute approximate surface area is 166 Å². The highest BCUT2D eigenvalue weighted by molar-refractivity contribution is 5.94. The van der Waals surface area contributed by atoms with Crippen molar-refractivity contribution >= 4 is 5.91 Å². The molecule has 1 amide bonds. The van der Waals surface area contributed by atoms with Crippen molar-refractivity contribution in [2.24, 2.45) is 0 Å². The summed E-state index contributed by atoms with van der Waals surface area (Å²) in [5, 5.41) is 0. The first-order chi connectivity index (χ1) is 13.7. The summed E-state index contributed by atoms with van der Waals surface area (Å²) in [5.74, 6) is 0.948. The van der Waals surface area contributed by atoms with E-state index >= 15 is 0 Å². The summed E-state index contributed by atoms with van der Waals surface area (Å²) in [7, 11) is 0. The van der Waals surface area contributed by atoms with Gasteiger partial charge >= 0.3 is 0 Å². The molecule has 0 aromatic heterocycles. The van der Waals surface area contributed by atoms with Gasteiger partial charge in [0.25, 0.3) is 5.91 Å². The van der Waals surface area contributed by atoms with Crippen molar-refractivity contribution in [3.05, 3.63) is 65.2 Å². The van der Waals surface area contributed by atoms with Gasteiger partial charge in [-0.1, -0.05) is 30.7 Å². The highest BCUT2D eigenvalue weighted by Gasteiger charge is 2.46. The van der Waals surface area contributed by atoms with E-state index in [4.69, 9.17) is 9.47 Å². The van der Waals surface area contributed by atoms with E-state index in [1.807, 2.05) is 29.2 Å². The Bertz CT molecular complexity index is 856. The number of hydrogen-bond acceptors (Lipinski definition) is 3. The third-order valence-electron chi connectivity index (χ3n) is 6.49. The van der Waals surface area contributed by atoms with Gasteiger partial charge < -0.3 is 14.4 Å². The summed E-state index contributed by atoms with van der Waals surface area (Å²) in [6.45, 7) is 2.00. The molecule has 2 aromatic carbocycles. The van der Waals surface area contributed by atoms with Gasteiger partial charge in [-0.25, -0.2) is 0 Å². The van der Waals surface area contributed by atoms with Crippen molar-refractivity contribution in [3.8, 4) is 5.75 Å². The molecule has 5 rings (SSSR count). The Morgan fingerprint density at radius 1 is 1.04 bits per heavy atom. The molecule has 1 saturated heterocycles. The van der Waals surface area contributed by atoms with Gasteiger partial charge in [-0.3, -0.25) is 4.79 Å². The molecule has 28 heavy (non-hydrogen) atoms. The molecule has 2 fully saturated rings. The van der Waals surface area contributed by atoms with E-state index < -0.39 is 0 Å². The molecule has 1 saturated carbocycles. The van der Waals surface area contributed by atoms with E-state index in [2.05, 4.69) is 24.3 Å². The quantitative estimate of drug-likeness (QED) is 0.780. The number of carbonyl (C=O) groups is 1. The van der Waals surface area contributed by atoms with E-state index in [9.17, 15) is 4.79 Å². The lowest BCUT2D eigenvalue weighted by Gasteiger charge is -2.25. The minimum absolute atomic E-state index is 0.0778. The number of carbonyl (C=O) groups excluding carboxylic acids is 1. The first-order valence-electron chi connectivity index (χ1n) is 10.5. The van der Waals surface area contributed by atoms with E-state index in [-0.39, 0.29) is 11.5 Å². The molecule has 1 spiro atoms. The van der Waals surface area contributed by atoms with Crippen LogP contribution in [-0.2, 0) is 16.9 Å². The van der Waals surface area contributed by atoms with Gasteiger partial charge in [-0.05, 0) is 67.5 Å². The molecule has 4 heteroatoms. The van der Waals surface area contributed by atoms with E-state index in [1.165, 1.54) is 30.4 Å². The van der Waals surface area contributed by atoms with E-state index in [0.29, 0.717) is 19.3 Å². The summed E-state index contributed by atoms with van der Waals surface area (Å²) in [6, 6.07) is 16.1. The summed E-state index contributed by atoms with van der Waals surface area (Å²) >= 11 is 0. The predicted octanol–water partition coefficient (Wildman–Crippen LogP) is 4.67. The smallest absolute Gasteiger partial charge is 0.253 e. The molecule has 4 nitrogen and oxygen atoms in total. The third kappa shape index (κ3) is 3.20. The van der Waals surface area contributed by atoms with Gasteiger partial charge in [0, 0.05) is 12.1 Å². The second-order valence-corrected chi connectivity index (χ2v) is 8.32. The van der Waals surface area contributed by atoms with Gasteiger partial charge in [0.15, 0.2) is 0 Å². The van der Waals surface area contributed by atoms with Crippen LogP contribution in [0.15, 0.2) is 48.5 Å². The number of nitrogens with zero attached hydrogens (tertiary/aromatic N) is 1. The monoisotopic (exact) mass is 377 g/mol. The van der Waals surface area contributed by atoms with E-state index in [0.717, 1.165) is 37.1 Å². The van der Waals surface area contributed by atoms with Crippen LogP contribution in [0.1, 0.15) is 60.0 Å². The second kappa shape index (κ2) is 7.25. The zero-order chi connectivity index (χ0) is 19.0. The second-order valence-electron chi connectivity index (χ2n) is 8.32. The van der Waals surface area contributed by atoms with Gasteiger partial charge in [0.05, 0.1) is 19.3 Å². The van der Waals surface area contributed by atoms with Crippen molar-refractivity contribution in [1.82, 2.24) is 4.90 Å². The fraction of sp³-hybridized carbons (Fsp3) is 0.458. The molecule has 1 atom stereocenters. The summed E-state index contributed by atoms with van der Waals surface area (Å²) in [4.78, 5) is 15.0. The minimum atomic E-state index is -0.323. The summed E-state index contributed by atoms with van der Waals surface area (Å²) in [6.07, 6.45) is 7.29. The van der Waals surface area contributed by atoms with Crippen molar-refractivity contribution < 1.29 is 14.3 Å². The zero-order valence-electron chi connectivity index (χ0n) is 16.2. The standard InChI is InChI=1S/C24H27NO3/c26-23(18-10-12-21(13-11-18)28-20-7-2-1-3-8-20)25-15-14-24(17-25)22-9-5-4-6-19(22)16-27-24/h4-6,9-13,20H,1-3,7-8,14-17H2/t24-/m0/s1. The van der Waals surface area contributed by atoms with Gasteiger partial charge in [-0.2, -0.15) is 0 Å². The number of ether oxygens (including phenoxy) is 2. The van der Waals surface area contributed by atoms with Gasteiger partial charge in [0.2, 0.25) is 0 Å². The molecule has 0 N–H and O–H groups in total. The lowest BCUT2D eigenvalue weighted by Crippen LogP contribution is -2.34. The van der Waals surface area contributed by atoms with Crippen LogP contribution >= 0.6 is 0 Å². The Morgan fingerprint density at radius 2 is 1.82 bits per heavy atom. The van der Waals surface area contributed by atoms with Crippen molar-refractivity contribution in [1.29, 1.82) is 0 Å². The normalized spacial score (nSPS) is 24.5. The first-order valence-corrected chi connectivity index (χ1v) is 10.5. The van der Waals surface area contributed by atoms with Crippen LogP contribution in [0.5, 0.6) is 5.75 Å².